The van der Waals surface area contributed by atoms with Gasteiger partial charge in [0.15, 0.2) is 11.5 Å². The molecule has 2 aliphatic heterocycles. The van der Waals surface area contributed by atoms with Crippen molar-refractivity contribution in [3.8, 4) is 11.5 Å². The Morgan fingerprint density at radius 3 is 2.81 bits per heavy atom. The quantitative estimate of drug-likeness (QED) is 0.818. The molecule has 0 spiro atoms. The first-order chi connectivity index (χ1) is 10.4. The maximum absolute atomic E-state index is 8.86. The topological polar surface area (TPSA) is 41.9 Å². The molecular formula is C17H25NO3. The summed E-state index contributed by atoms with van der Waals surface area (Å²) in [5, 5.41) is 8.86. The Morgan fingerprint density at radius 1 is 1.10 bits per heavy atom. The van der Waals surface area contributed by atoms with Crippen LogP contribution in [0.25, 0.3) is 0 Å². The lowest BCUT2D eigenvalue weighted by molar-refractivity contribution is 0.170. The second-order valence-electron chi connectivity index (χ2n) is 5.88. The van der Waals surface area contributed by atoms with Crippen molar-refractivity contribution < 1.29 is 14.6 Å². The highest BCUT2D eigenvalue weighted by Crippen LogP contribution is 2.38. The summed E-state index contributed by atoms with van der Waals surface area (Å²) in [4.78, 5) is 2.57. The van der Waals surface area contributed by atoms with Crippen LogP contribution in [0.2, 0.25) is 0 Å². The molecule has 2 aliphatic rings. The summed E-state index contributed by atoms with van der Waals surface area (Å²) in [6.45, 7) is 3.90. The zero-order valence-corrected chi connectivity index (χ0v) is 12.6. The molecule has 1 unspecified atom stereocenters. The molecule has 0 saturated carbocycles. The van der Waals surface area contributed by atoms with Crippen molar-refractivity contribution in [1.29, 1.82) is 0 Å². The number of hydrogen-bond donors (Lipinski definition) is 1. The van der Waals surface area contributed by atoms with Gasteiger partial charge < -0.3 is 14.6 Å². The lowest BCUT2D eigenvalue weighted by Crippen LogP contribution is -2.24. The second-order valence-corrected chi connectivity index (χ2v) is 5.88. The highest BCUT2D eigenvalue weighted by atomic mass is 16.6. The molecule has 1 aromatic carbocycles. The molecule has 3 rings (SSSR count). The fourth-order valence-electron chi connectivity index (χ4n) is 3.34. The van der Waals surface area contributed by atoms with Gasteiger partial charge in [0.25, 0.3) is 0 Å². The molecule has 1 fully saturated rings. The van der Waals surface area contributed by atoms with E-state index in [2.05, 4.69) is 17.0 Å². The number of likely N-dealkylation sites (tertiary alicyclic amines) is 1. The van der Waals surface area contributed by atoms with E-state index in [1.165, 1.54) is 31.4 Å². The molecule has 2 heterocycles. The van der Waals surface area contributed by atoms with Gasteiger partial charge in [-0.15, -0.1) is 0 Å². The standard InChI is InChI=1S/C17H25NO3/c19-10-3-1-2-8-18-9-4-5-15(18)14-6-7-16-17(13-14)21-12-11-20-16/h6-7,13,15,19H,1-5,8-12H2. The number of aliphatic hydroxyl groups is 1. The van der Waals surface area contributed by atoms with Crippen LogP contribution in [-0.4, -0.2) is 42.9 Å². The summed E-state index contributed by atoms with van der Waals surface area (Å²) in [5.74, 6) is 1.77. The average Bonchev–Trinajstić information content (AvgIpc) is 2.99. The van der Waals surface area contributed by atoms with Gasteiger partial charge in [0.2, 0.25) is 0 Å². The van der Waals surface area contributed by atoms with Crippen LogP contribution in [0.15, 0.2) is 18.2 Å². The molecule has 0 aliphatic carbocycles. The van der Waals surface area contributed by atoms with Crippen LogP contribution in [0.5, 0.6) is 11.5 Å². The Morgan fingerprint density at radius 2 is 1.95 bits per heavy atom. The number of benzene rings is 1. The first kappa shape index (κ1) is 14.7. The Labute approximate surface area is 126 Å². The zero-order chi connectivity index (χ0) is 14.5. The number of nitrogens with zero attached hydrogens (tertiary/aromatic N) is 1. The molecule has 0 aromatic heterocycles. The third-order valence-electron chi connectivity index (χ3n) is 4.42. The number of rotatable bonds is 6. The van der Waals surface area contributed by atoms with Crippen molar-refractivity contribution in [1.82, 2.24) is 4.90 Å². The highest BCUT2D eigenvalue weighted by molar-refractivity contribution is 5.44. The normalized spacial score (nSPS) is 21.7. The summed E-state index contributed by atoms with van der Waals surface area (Å²) in [6.07, 6.45) is 5.68. The minimum atomic E-state index is 0.311. The minimum Gasteiger partial charge on any atom is -0.486 e. The van der Waals surface area contributed by atoms with E-state index in [0.29, 0.717) is 25.9 Å². The van der Waals surface area contributed by atoms with Gasteiger partial charge >= 0.3 is 0 Å². The maximum Gasteiger partial charge on any atom is 0.161 e. The Kier molecular flexibility index (Phi) is 4.99. The van der Waals surface area contributed by atoms with E-state index in [-0.39, 0.29) is 0 Å². The predicted octanol–water partition coefficient (Wildman–Crippen LogP) is 2.76. The lowest BCUT2D eigenvalue weighted by Gasteiger charge is -2.26. The molecule has 0 amide bonds. The van der Waals surface area contributed by atoms with E-state index in [9.17, 15) is 0 Å². The molecule has 1 N–H and O–H groups in total. The predicted molar refractivity (Wildman–Crippen MR) is 81.9 cm³/mol. The highest BCUT2D eigenvalue weighted by Gasteiger charge is 2.26. The fraction of sp³-hybridized carbons (Fsp3) is 0.647. The van der Waals surface area contributed by atoms with Crippen molar-refractivity contribution in [3.63, 3.8) is 0 Å². The van der Waals surface area contributed by atoms with Gasteiger partial charge in [0.1, 0.15) is 13.2 Å². The minimum absolute atomic E-state index is 0.311. The maximum atomic E-state index is 8.86. The van der Waals surface area contributed by atoms with E-state index < -0.39 is 0 Å². The van der Waals surface area contributed by atoms with E-state index in [1.54, 1.807) is 0 Å². The molecule has 4 heteroatoms. The van der Waals surface area contributed by atoms with Gasteiger partial charge in [-0.05, 0) is 62.9 Å². The molecule has 0 radical (unpaired) electrons. The molecular weight excluding hydrogens is 266 g/mol. The summed E-state index contributed by atoms with van der Waals surface area (Å²) < 4.78 is 11.3. The third-order valence-corrected chi connectivity index (χ3v) is 4.42. The fourth-order valence-corrected chi connectivity index (χ4v) is 3.34. The summed E-state index contributed by atoms with van der Waals surface area (Å²) in [7, 11) is 0. The first-order valence-electron chi connectivity index (χ1n) is 8.13. The van der Waals surface area contributed by atoms with E-state index in [4.69, 9.17) is 14.6 Å². The van der Waals surface area contributed by atoms with Crippen LogP contribution in [0, 0.1) is 0 Å². The zero-order valence-electron chi connectivity index (χ0n) is 12.6. The monoisotopic (exact) mass is 291 g/mol. The average molecular weight is 291 g/mol. The van der Waals surface area contributed by atoms with Crippen LogP contribution in [0.3, 0.4) is 0 Å². The largest absolute Gasteiger partial charge is 0.486 e. The number of fused-ring (bicyclic) bond motifs is 1. The van der Waals surface area contributed by atoms with Crippen molar-refractivity contribution in [2.24, 2.45) is 0 Å². The van der Waals surface area contributed by atoms with Crippen LogP contribution >= 0.6 is 0 Å². The van der Waals surface area contributed by atoms with Gasteiger partial charge in [-0.25, -0.2) is 0 Å². The molecule has 4 nitrogen and oxygen atoms in total. The molecule has 21 heavy (non-hydrogen) atoms. The third kappa shape index (κ3) is 3.50. The lowest BCUT2D eigenvalue weighted by atomic mass is 10.0. The van der Waals surface area contributed by atoms with Crippen LogP contribution < -0.4 is 9.47 Å². The van der Waals surface area contributed by atoms with Crippen LogP contribution in [0.1, 0.15) is 43.7 Å². The summed E-state index contributed by atoms with van der Waals surface area (Å²) >= 11 is 0. The molecule has 0 bridgehead atoms. The SMILES string of the molecule is OCCCCCN1CCCC1c1ccc2c(c1)OCCO2. The van der Waals surface area contributed by atoms with Gasteiger partial charge in [-0.1, -0.05) is 6.07 Å². The van der Waals surface area contributed by atoms with E-state index >= 15 is 0 Å². The van der Waals surface area contributed by atoms with Crippen molar-refractivity contribution >= 4 is 0 Å². The van der Waals surface area contributed by atoms with Gasteiger partial charge in [-0.2, -0.15) is 0 Å². The summed E-state index contributed by atoms with van der Waals surface area (Å²) in [5.41, 5.74) is 1.35. The number of hydrogen-bond acceptors (Lipinski definition) is 4. The molecule has 1 aromatic rings. The number of aliphatic hydroxyl groups excluding tert-OH is 1. The summed E-state index contributed by atoms with van der Waals surface area (Å²) in [6, 6.07) is 6.90. The Hall–Kier alpha value is -1.26. The van der Waals surface area contributed by atoms with E-state index in [1.807, 2.05) is 6.07 Å². The van der Waals surface area contributed by atoms with Crippen molar-refractivity contribution in [3.05, 3.63) is 23.8 Å². The van der Waals surface area contributed by atoms with Gasteiger partial charge in [0, 0.05) is 12.6 Å². The van der Waals surface area contributed by atoms with Gasteiger partial charge in [0.05, 0.1) is 0 Å². The molecule has 116 valence electrons. The molecule has 1 atom stereocenters. The number of ether oxygens (including phenoxy) is 2. The Bertz CT molecular complexity index is 463. The number of unbranched alkanes of at least 4 members (excludes halogenated alkanes) is 2. The van der Waals surface area contributed by atoms with Gasteiger partial charge in [-0.3, -0.25) is 4.90 Å². The van der Waals surface area contributed by atoms with E-state index in [0.717, 1.165) is 30.9 Å². The van der Waals surface area contributed by atoms with Crippen molar-refractivity contribution in [2.45, 2.75) is 38.1 Å². The first-order valence-corrected chi connectivity index (χ1v) is 8.13. The van der Waals surface area contributed by atoms with Crippen molar-refractivity contribution in [2.75, 3.05) is 32.9 Å². The van der Waals surface area contributed by atoms with Crippen LogP contribution in [-0.2, 0) is 0 Å². The Balaban J connectivity index is 1.64. The smallest absolute Gasteiger partial charge is 0.161 e. The van der Waals surface area contributed by atoms with Crippen LogP contribution in [0.4, 0.5) is 0 Å². The second kappa shape index (κ2) is 7.14. The molecule has 1 saturated heterocycles.